The number of ether oxygens (including phenoxy) is 1. The summed E-state index contributed by atoms with van der Waals surface area (Å²) in [5.74, 6) is 0.782. The van der Waals surface area contributed by atoms with Crippen LogP contribution < -0.4 is 5.14 Å². The van der Waals surface area contributed by atoms with Gasteiger partial charge in [0.15, 0.2) is 0 Å². The highest BCUT2D eigenvalue weighted by Crippen LogP contribution is 2.20. The Bertz CT molecular complexity index is 411. The number of morpholine rings is 1. The van der Waals surface area contributed by atoms with Crippen LogP contribution in [0.15, 0.2) is 0 Å². The minimum absolute atomic E-state index is 0.0656. The number of likely N-dealkylation sites (tertiary alicyclic amines) is 1. The number of piperidine rings is 1. The lowest BCUT2D eigenvalue weighted by atomic mass is 9.95. The molecule has 124 valence electrons. The molecule has 0 radical (unpaired) electrons. The lowest BCUT2D eigenvalue weighted by molar-refractivity contribution is -0.0731. The fourth-order valence-corrected chi connectivity index (χ4v) is 3.96. The molecular formula is C14H29N3O3S. The Hall–Kier alpha value is -0.210. The molecule has 2 heterocycles. The summed E-state index contributed by atoms with van der Waals surface area (Å²) in [5, 5.41) is 5.06. The quantitative estimate of drug-likeness (QED) is 0.777. The molecular weight excluding hydrogens is 290 g/mol. The van der Waals surface area contributed by atoms with Crippen molar-refractivity contribution < 1.29 is 13.2 Å². The maximum Gasteiger partial charge on any atom is 0.210 e. The van der Waals surface area contributed by atoms with Gasteiger partial charge in [-0.1, -0.05) is 0 Å². The summed E-state index contributed by atoms with van der Waals surface area (Å²) >= 11 is 0. The van der Waals surface area contributed by atoms with Crippen molar-refractivity contribution in [3.05, 3.63) is 0 Å². The van der Waals surface area contributed by atoms with E-state index in [0.717, 1.165) is 45.6 Å². The Morgan fingerprint density at radius 2 is 1.67 bits per heavy atom. The zero-order valence-electron chi connectivity index (χ0n) is 13.2. The van der Waals surface area contributed by atoms with E-state index < -0.39 is 10.0 Å². The minimum Gasteiger partial charge on any atom is -0.373 e. The molecule has 21 heavy (non-hydrogen) atoms. The Balaban J connectivity index is 1.69. The maximum atomic E-state index is 11.0. The van der Waals surface area contributed by atoms with E-state index in [-0.39, 0.29) is 5.75 Å². The monoisotopic (exact) mass is 319 g/mol. The Labute approximate surface area is 128 Å². The maximum absolute atomic E-state index is 11.0. The molecule has 0 amide bonds. The van der Waals surface area contributed by atoms with Gasteiger partial charge in [-0.15, -0.1) is 0 Å². The van der Waals surface area contributed by atoms with Crippen LogP contribution in [0.2, 0.25) is 0 Å². The molecule has 2 saturated heterocycles. The summed E-state index contributed by atoms with van der Waals surface area (Å²) in [5.41, 5.74) is 0. The van der Waals surface area contributed by atoms with Crippen molar-refractivity contribution in [3.63, 3.8) is 0 Å². The molecule has 0 aliphatic carbocycles. The van der Waals surface area contributed by atoms with E-state index in [9.17, 15) is 8.42 Å². The summed E-state index contributed by atoms with van der Waals surface area (Å²) in [4.78, 5) is 4.73. The molecule has 2 aliphatic heterocycles. The second-order valence-electron chi connectivity index (χ2n) is 6.63. The normalized spacial score (nSPS) is 30.6. The van der Waals surface area contributed by atoms with E-state index in [1.54, 1.807) is 0 Å². The van der Waals surface area contributed by atoms with Gasteiger partial charge >= 0.3 is 0 Å². The van der Waals surface area contributed by atoms with Gasteiger partial charge in [0.25, 0.3) is 0 Å². The summed E-state index contributed by atoms with van der Waals surface area (Å²) in [7, 11) is -3.34. The molecule has 0 aromatic carbocycles. The average Bonchev–Trinajstić information content (AvgIpc) is 2.36. The fraction of sp³-hybridized carbons (Fsp3) is 1.00. The summed E-state index contributed by atoms with van der Waals surface area (Å²) in [6, 6.07) is 0. The van der Waals surface area contributed by atoms with Crippen LogP contribution in [0.3, 0.4) is 0 Å². The van der Waals surface area contributed by atoms with Crippen LogP contribution in [0, 0.1) is 5.92 Å². The van der Waals surface area contributed by atoms with Crippen LogP contribution in [0.1, 0.15) is 26.7 Å². The lowest BCUT2D eigenvalue weighted by Gasteiger charge is -2.39. The first-order chi connectivity index (χ1) is 9.82. The van der Waals surface area contributed by atoms with Crippen LogP contribution in [0.5, 0.6) is 0 Å². The van der Waals surface area contributed by atoms with Crippen molar-refractivity contribution in [2.75, 3.05) is 45.0 Å². The molecule has 2 N–H and O–H groups in total. The first-order valence-electron chi connectivity index (χ1n) is 7.92. The van der Waals surface area contributed by atoms with Crippen LogP contribution >= 0.6 is 0 Å². The summed E-state index contributed by atoms with van der Waals surface area (Å²) < 4.78 is 27.8. The van der Waals surface area contributed by atoms with Crippen LogP contribution in [0.4, 0.5) is 0 Å². The number of nitrogens with two attached hydrogens (primary N) is 1. The predicted molar refractivity (Wildman–Crippen MR) is 83.6 cm³/mol. The molecule has 0 aromatic heterocycles. The van der Waals surface area contributed by atoms with Crippen molar-refractivity contribution in [1.29, 1.82) is 0 Å². The second kappa shape index (κ2) is 7.37. The van der Waals surface area contributed by atoms with Crippen molar-refractivity contribution in [3.8, 4) is 0 Å². The Morgan fingerprint density at radius 3 is 2.19 bits per heavy atom. The average molecular weight is 319 g/mol. The van der Waals surface area contributed by atoms with E-state index in [1.165, 1.54) is 0 Å². The first-order valence-corrected chi connectivity index (χ1v) is 9.64. The standard InChI is InChI=1S/C14H29N3O3S/c1-12-9-17(10-13(2)20-12)11-14-3-5-16(6-4-14)7-8-21(15,18)19/h12-14H,3-11H2,1-2H3,(H2,15,18,19). The van der Waals surface area contributed by atoms with E-state index in [4.69, 9.17) is 9.88 Å². The van der Waals surface area contributed by atoms with Gasteiger partial charge in [0.05, 0.1) is 18.0 Å². The molecule has 2 atom stereocenters. The van der Waals surface area contributed by atoms with E-state index in [0.29, 0.717) is 24.7 Å². The smallest absolute Gasteiger partial charge is 0.210 e. The molecule has 2 rings (SSSR count). The van der Waals surface area contributed by atoms with Gasteiger partial charge in [0.2, 0.25) is 10.0 Å². The van der Waals surface area contributed by atoms with E-state index in [1.807, 2.05) is 0 Å². The summed E-state index contributed by atoms with van der Waals surface area (Å²) in [6.07, 6.45) is 2.93. The highest BCUT2D eigenvalue weighted by atomic mass is 32.2. The predicted octanol–water partition coefficient (Wildman–Crippen LogP) is 0.0961. The van der Waals surface area contributed by atoms with Gasteiger partial charge in [-0.2, -0.15) is 0 Å². The van der Waals surface area contributed by atoms with Gasteiger partial charge < -0.3 is 9.64 Å². The third kappa shape index (κ3) is 6.20. The van der Waals surface area contributed by atoms with Crippen molar-refractivity contribution in [2.45, 2.75) is 38.9 Å². The lowest BCUT2D eigenvalue weighted by Crippen LogP contribution is -2.48. The number of hydrogen-bond donors (Lipinski definition) is 1. The van der Waals surface area contributed by atoms with Crippen LogP contribution in [0.25, 0.3) is 0 Å². The number of primary sulfonamides is 1. The highest BCUT2D eigenvalue weighted by Gasteiger charge is 2.26. The number of nitrogens with zero attached hydrogens (tertiary/aromatic N) is 2. The third-order valence-corrected chi connectivity index (χ3v) is 5.16. The van der Waals surface area contributed by atoms with Gasteiger partial charge in [0.1, 0.15) is 0 Å². The molecule has 0 saturated carbocycles. The van der Waals surface area contributed by atoms with Gasteiger partial charge in [-0.05, 0) is 45.7 Å². The SMILES string of the molecule is CC1CN(CC2CCN(CCS(N)(=O)=O)CC2)CC(C)O1. The summed E-state index contributed by atoms with van der Waals surface area (Å²) in [6.45, 7) is 9.99. The van der Waals surface area contributed by atoms with Crippen LogP contribution in [-0.2, 0) is 14.8 Å². The van der Waals surface area contributed by atoms with Crippen molar-refractivity contribution in [1.82, 2.24) is 9.80 Å². The second-order valence-corrected chi connectivity index (χ2v) is 8.36. The van der Waals surface area contributed by atoms with E-state index >= 15 is 0 Å². The van der Waals surface area contributed by atoms with Gasteiger partial charge in [0, 0.05) is 26.2 Å². The van der Waals surface area contributed by atoms with Crippen LogP contribution in [-0.4, -0.2) is 75.4 Å². The topological polar surface area (TPSA) is 75.9 Å². The Morgan fingerprint density at radius 1 is 1.10 bits per heavy atom. The van der Waals surface area contributed by atoms with Crippen molar-refractivity contribution >= 4 is 10.0 Å². The molecule has 2 fully saturated rings. The molecule has 0 bridgehead atoms. The molecule has 7 heteroatoms. The molecule has 2 unspecified atom stereocenters. The molecule has 2 aliphatic rings. The zero-order chi connectivity index (χ0) is 15.5. The number of hydrogen-bond acceptors (Lipinski definition) is 5. The number of rotatable bonds is 5. The Kier molecular flexibility index (Phi) is 6.02. The molecule has 0 aromatic rings. The highest BCUT2D eigenvalue weighted by molar-refractivity contribution is 7.89. The first kappa shape index (κ1) is 17.1. The molecule has 0 spiro atoms. The largest absolute Gasteiger partial charge is 0.373 e. The number of sulfonamides is 1. The third-order valence-electron chi connectivity index (χ3n) is 4.41. The van der Waals surface area contributed by atoms with E-state index in [2.05, 4.69) is 23.6 Å². The van der Waals surface area contributed by atoms with Gasteiger partial charge in [-0.25, -0.2) is 13.6 Å². The zero-order valence-corrected chi connectivity index (χ0v) is 14.0. The molecule has 6 nitrogen and oxygen atoms in total. The van der Waals surface area contributed by atoms with Crippen molar-refractivity contribution in [2.24, 2.45) is 11.1 Å². The minimum atomic E-state index is -3.34. The fourth-order valence-electron chi connectivity index (χ4n) is 3.45. The van der Waals surface area contributed by atoms with Gasteiger partial charge in [-0.3, -0.25) is 4.90 Å².